The smallest absolute Gasteiger partial charge is 0.387 e. The van der Waals surface area contributed by atoms with E-state index in [-0.39, 0.29) is 57.2 Å². The lowest BCUT2D eigenvalue weighted by Gasteiger charge is -2.21. The summed E-state index contributed by atoms with van der Waals surface area (Å²) in [4.78, 5) is 35.5. The van der Waals surface area contributed by atoms with Gasteiger partial charge in [0.2, 0.25) is 5.91 Å². The number of hydrogen-bond acceptors (Lipinski definition) is 8. The van der Waals surface area contributed by atoms with Crippen LogP contribution in [-0.2, 0) is 11.3 Å². The lowest BCUT2D eigenvalue weighted by molar-refractivity contribution is -0.131. The van der Waals surface area contributed by atoms with E-state index in [0.717, 1.165) is 25.6 Å². The average Bonchev–Trinajstić information content (AvgIpc) is 3.24. The third-order valence-corrected chi connectivity index (χ3v) is 8.73. The summed E-state index contributed by atoms with van der Waals surface area (Å²) in [5.41, 5.74) is 6.62. The number of nitrogens with two attached hydrogens (primary N) is 1. The molecular formula is C29H30ClF2N9O3. The van der Waals surface area contributed by atoms with Crippen molar-refractivity contribution in [2.75, 3.05) is 43.8 Å². The molecule has 5 heterocycles. The molecule has 1 aromatic carbocycles. The molecule has 2 saturated heterocycles. The van der Waals surface area contributed by atoms with Crippen molar-refractivity contribution in [3.8, 4) is 17.0 Å². The fourth-order valence-electron chi connectivity index (χ4n) is 6.33. The topological polar surface area (TPSA) is 136 Å². The molecular weight excluding hydrogens is 596 g/mol. The Labute approximate surface area is 255 Å². The second-order valence-electron chi connectivity index (χ2n) is 11.7. The number of nitrogen functional groups attached to an aromatic ring is 1. The lowest BCUT2D eigenvalue weighted by atomic mass is 10.0. The molecule has 4 aromatic rings. The number of benzene rings is 1. The fraction of sp³-hybridized carbons (Fsp3) is 0.414. The Balaban J connectivity index is 1.16. The summed E-state index contributed by atoms with van der Waals surface area (Å²) in [6, 6.07) is 5.75. The molecule has 7 rings (SSSR count). The molecule has 2 amide bonds. The molecule has 3 fully saturated rings. The zero-order valence-electron chi connectivity index (χ0n) is 23.6. The Morgan fingerprint density at radius 2 is 1.91 bits per heavy atom. The lowest BCUT2D eigenvalue weighted by Crippen LogP contribution is -2.35. The van der Waals surface area contributed by atoms with E-state index in [1.807, 2.05) is 4.90 Å². The molecule has 44 heavy (non-hydrogen) atoms. The minimum atomic E-state index is -3.11. The van der Waals surface area contributed by atoms with Crippen LogP contribution in [0.1, 0.15) is 23.2 Å². The molecule has 1 saturated carbocycles. The Hall–Kier alpha value is -4.30. The van der Waals surface area contributed by atoms with E-state index in [0.29, 0.717) is 24.9 Å². The van der Waals surface area contributed by atoms with Crippen molar-refractivity contribution in [2.45, 2.75) is 26.0 Å². The van der Waals surface area contributed by atoms with Crippen molar-refractivity contribution in [2.24, 2.45) is 17.8 Å². The minimum Gasteiger partial charge on any atom is -0.434 e. The predicted octanol–water partition coefficient (Wildman–Crippen LogP) is 3.48. The van der Waals surface area contributed by atoms with Crippen LogP contribution < -0.4 is 15.8 Å². The summed E-state index contributed by atoms with van der Waals surface area (Å²) >= 11 is 6.23. The van der Waals surface area contributed by atoms with Gasteiger partial charge in [0.1, 0.15) is 23.6 Å². The molecule has 230 valence electrons. The van der Waals surface area contributed by atoms with E-state index < -0.39 is 12.5 Å². The zero-order valence-corrected chi connectivity index (χ0v) is 24.3. The number of carbonyl (C=O) groups is 2. The monoisotopic (exact) mass is 625 g/mol. The number of nitrogens with zero attached hydrogens (tertiary/aromatic N) is 7. The number of carbonyl (C=O) groups excluding carboxylic acids is 2. The van der Waals surface area contributed by atoms with Gasteiger partial charge in [-0.1, -0.05) is 11.6 Å². The van der Waals surface area contributed by atoms with Crippen molar-refractivity contribution in [3.05, 3.63) is 53.4 Å². The number of halogens is 3. The summed E-state index contributed by atoms with van der Waals surface area (Å²) in [6.45, 7) is 1.32. The van der Waals surface area contributed by atoms with Crippen LogP contribution in [0.4, 0.5) is 20.3 Å². The highest BCUT2D eigenvalue weighted by atomic mass is 35.5. The first kappa shape index (κ1) is 28.5. The third-order valence-electron chi connectivity index (χ3n) is 8.50. The van der Waals surface area contributed by atoms with E-state index in [1.54, 1.807) is 12.3 Å². The van der Waals surface area contributed by atoms with Crippen LogP contribution in [0.3, 0.4) is 0 Å². The number of rotatable bonds is 9. The first-order valence-corrected chi connectivity index (χ1v) is 14.8. The molecule has 2 atom stereocenters. The normalized spacial score (nSPS) is 20.0. The molecule has 0 radical (unpaired) electrons. The quantitative estimate of drug-likeness (QED) is 0.289. The number of anilines is 2. The standard InChI is InChI=1S/C29H30ClF2N9O3/c30-19-4-5-22(44-29(31)32)20(8-19)25-21(35-28(43)24-26(33)37-41-7-1-6-34-27(24)41)14-40(36-25)15-23(42)39-12-17-10-38(9-16-2-3-16)11-18(17)13-39/h1,4-8,14,16-18,29H,2-3,9-13,15H2,(H2,33,37)(H,35,43). The van der Waals surface area contributed by atoms with Gasteiger partial charge in [0.05, 0.1) is 5.69 Å². The molecule has 2 unspecified atom stereocenters. The van der Waals surface area contributed by atoms with Crippen molar-refractivity contribution in [1.82, 2.24) is 34.2 Å². The fourth-order valence-corrected chi connectivity index (χ4v) is 6.50. The number of hydrogen-bond donors (Lipinski definition) is 2. The van der Waals surface area contributed by atoms with Gasteiger partial charge in [0, 0.05) is 61.9 Å². The number of ether oxygens (including phenoxy) is 1. The number of amides is 2. The van der Waals surface area contributed by atoms with E-state index >= 15 is 0 Å². The van der Waals surface area contributed by atoms with Gasteiger partial charge in [-0.15, -0.1) is 5.10 Å². The van der Waals surface area contributed by atoms with E-state index in [9.17, 15) is 18.4 Å². The molecule has 0 spiro atoms. The van der Waals surface area contributed by atoms with Crippen molar-refractivity contribution in [3.63, 3.8) is 0 Å². The highest BCUT2D eigenvalue weighted by molar-refractivity contribution is 6.31. The molecule has 3 N–H and O–H groups in total. The van der Waals surface area contributed by atoms with Crippen molar-refractivity contribution < 1.29 is 23.1 Å². The SMILES string of the molecule is Nc1nn2cccnc2c1C(=O)Nc1cn(CC(=O)N2CC3CN(CC4CC4)CC3C2)nc1-c1cc(Cl)ccc1OC(F)F. The van der Waals surface area contributed by atoms with Crippen molar-refractivity contribution in [1.29, 1.82) is 0 Å². The van der Waals surface area contributed by atoms with Crippen LogP contribution in [0.5, 0.6) is 5.75 Å². The molecule has 2 aliphatic heterocycles. The van der Waals surface area contributed by atoms with Gasteiger partial charge in [0.15, 0.2) is 11.5 Å². The summed E-state index contributed by atoms with van der Waals surface area (Å²) in [5.74, 6) is 0.720. The van der Waals surface area contributed by atoms with E-state index in [2.05, 4.69) is 25.4 Å². The van der Waals surface area contributed by atoms with Gasteiger partial charge >= 0.3 is 6.61 Å². The molecule has 0 bridgehead atoms. The third kappa shape index (κ3) is 5.66. The van der Waals surface area contributed by atoms with Crippen LogP contribution in [0.2, 0.25) is 5.02 Å². The number of aromatic nitrogens is 5. The Bertz CT molecular complexity index is 1730. The molecule has 3 aliphatic rings. The largest absolute Gasteiger partial charge is 0.434 e. The maximum absolute atomic E-state index is 13.5. The summed E-state index contributed by atoms with van der Waals surface area (Å²) in [7, 11) is 0. The Morgan fingerprint density at radius 1 is 1.14 bits per heavy atom. The van der Waals surface area contributed by atoms with Crippen LogP contribution >= 0.6 is 11.6 Å². The van der Waals surface area contributed by atoms with Crippen LogP contribution in [0, 0.1) is 17.8 Å². The van der Waals surface area contributed by atoms with Gasteiger partial charge in [-0.2, -0.15) is 13.9 Å². The number of likely N-dealkylation sites (tertiary alicyclic amines) is 2. The van der Waals surface area contributed by atoms with Gasteiger partial charge < -0.3 is 25.6 Å². The number of nitrogens with one attached hydrogen (secondary N) is 1. The summed E-state index contributed by atoms with van der Waals surface area (Å²) < 4.78 is 34.1. The minimum absolute atomic E-state index is 0.0230. The van der Waals surface area contributed by atoms with E-state index in [4.69, 9.17) is 22.1 Å². The summed E-state index contributed by atoms with van der Waals surface area (Å²) in [6.07, 6.45) is 7.21. The number of fused-ring (bicyclic) bond motifs is 2. The molecule has 15 heteroatoms. The van der Waals surface area contributed by atoms with Gasteiger partial charge in [-0.25, -0.2) is 9.50 Å². The second kappa shape index (κ2) is 11.3. The second-order valence-corrected chi connectivity index (χ2v) is 12.1. The highest BCUT2D eigenvalue weighted by Crippen LogP contribution is 2.38. The van der Waals surface area contributed by atoms with Gasteiger partial charge in [-0.05, 0) is 54.9 Å². The molecule has 3 aromatic heterocycles. The van der Waals surface area contributed by atoms with Crippen LogP contribution in [-0.4, -0.2) is 85.3 Å². The predicted molar refractivity (Wildman–Crippen MR) is 157 cm³/mol. The Kier molecular flexibility index (Phi) is 7.33. The summed E-state index contributed by atoms with van der Waals surface area (Å²) in [5, 5.41) is 11.7. The number of alkyl halides is 2. The zero-order chi connectivity index (χ0) is 30.5. The first-order chi connectivity index (χ1) is 21.2. The first-order valence-electron chi connectivity index (χ1n) is 14.4. The van der Waals surface area contributed by atoms with Crippen LogP contribution in [0.25, 0.3) is 16.9 Å². The van der Waals surface area contributed by atoms with Gasteiger partial charge in [0.25, 0.3) is 5.91 Å². The maximum Gasteiger partial charge on any atom is 0.387 e. The van der Waals surface area contributed by atoms with Crippen LogP contribution in [0.15, 0.2) is 42.9 Å². The maximum atomic E-state index is 13.5. The van der Waals surface area contributed by atoms with Crippen molar-refractivity contribution >= 4 is 40.6 Å². The molecule has 1 aliphatic carbocycles. The van der Waals surface area contributed by atoms with E-state index in [1.165, 1.54) is 52.6 Å². The van der Waals surface area contributed by atoms with Gasteiger partial charge in [-0.3, -0.25) is 14.3 Å². The average molecular weight is 626 g/mol. The highest BCUT2D eigenvalue weighted by Gasteiger charge is 2.42. The Morgan fingerprint density at radius 3 is 2.64 bits per heavy atom. The molecule has 12 nitrogen and oxygen atoms in total.